The summed E-state index contributed by atoms with van der Waals surface area (Å²) in [5.41, 5.74) is 0.489. The molecule has 1 unspecified atom stereocenters. The maximum Gasteiger partial charge on any atom is 0.309 e. The fourth-order valence-corrected chi connectivity index (χ4v) is 6.43. The lowest BCUT2D eigenvalue weighted by Crippen LogP contribution is -2.45. The van der Waals surface area contributed by atoms with Crippen molar-refractivity contribution in [3.8, 4) is 0 Å². The molecule has 2 aliphatic heterocycles. The van der Waals surface area contributed by atoms with Gasteiger partial charge < -0.3 is 20.3 Å². The number of hydrogen-bond acceptors (Lipinski definition) is 9. The summed E-state index contributed by atoms with van der Waals surface area (Å²) in [6, 6.07) is 0.200. The van der Waals surface area contributed by atoms with Gasteiger partial charge in [0.1, 0.15) is 16.2 Å². The van der Waals surface area contributed by atoms with E-state index in [2.05, 4.69) is 17.2 Å². The minimum atomic E-state index is -1.22. The first kappa shape index (κ1) is 29.3. The number of aromatic nitrogens is 1. The molecule has 0 amide bonds. The van der Waals surface area contributed by atoms with Crippen LogP contribution in [0.3, 0.4) is 0 Å². The first-order valence-electron chi connectivity index (χ1n) is 12.8. The van der Waals surface area contributed by atoms with E-state index < -0.39 is 35.6 Å². The zero-order valence-electron chi connectivity index (χ0n) is 22.5. The molecule has 2 fully saturated rings. The zero-order valence-corrected chi connectivity index (χ0v) is 24.2. The molecule has 9 heteroatoms. The van der Waals surface area contributed by atoms with Crippen molar-refractivity contribution in [2.75, 3.05) is 6.26 Å². The number of nitrogens with one attached hydrogen (secondary N) is 1. The molecule has 3 N–H and O–H groups in total. The standard InChI is InChI=1S/C27H42N2O5S2/c1-15-9-8-10-27(6)20(29-27)12-19(16(2)11-18-14-36-25(28-18)35-7)34-22(31)13-21(30)26(4,5)24(33)17(3)23(15)32/h11,14-15,17,19-21,23,29-30,32H,8-10,12-13H2,1-7H3/b16-11+/t15-,17+,19-,20-,21-,23?,27+/m0/s1. The van der Waals surface area contributed by atoms with Crippen LogP contribution in [-0.4, -0.2) is 63.1 Å². The average molecular weight is 539 g/mol. The minimum Gasteiger partial charge on any atom is -0.458 e. The fraction of sp³-hybridized carbons (Fsp3) is 0.741. The molecule has 36 heavy (non-hydrogen) atoms. The normalized spacial score (nSPS) is 36.8. The number of rotatable bonds is 3. The third kappa shape index (κ3) is 6.78. The average Bonchev–Trinajstić information content (AvgIpc) is 3.23. The number of aliphatic hydroxyl groups is 2. The molecule has 7 atom stereocenters. The second-order valence-corrected chi connectivity index (χ2v) is 13.3. The predicted molar refractivity (Wildman–Crippen MR) is 145 cm³/mol. The lowest BCUT2D eigenvalue weighted by molar-refractivity contribution is -0.154. The van der Waals surface area contributed by atoms with Gasteiger partial charge >= 0.3 is 5.97 Å². The molecular weight excluding hydrogens is 496 g/mol. The van der Waals surface area contributed by atoms with Crippen molar-refractivity contribution in [2.24, 2.45) is 17.3 Å². The highest BCUT2D eigenvalue weighted by atomic mass is 32.2. The molecule has 0 radical (unpaired) electrons. The summed E-state index contributed by atoms with van der Waals surface area (Å²) < 4.78 is 6.90. The Kier molecular flexibility index (Phi) is 9.47. The Labute approximate surface area is 223 Å². The highest BCUT2D eigenvalue weighted by Gasteiger charge is 2.50. The van der Waals surface area contributed by atoms with Crippen molar-refractivity contribution in [2.45, 2.75) is 108 Å². The van der Waals surface area contributed by atoms with Gasteiger partial charge in [-0.2, -0.15) is 0 Å². The largest absolute Gasteiger partial charge is 0.458 e. The number of fused-ring (bicyclic) bond motifs is 1. The third-order valence-corrected chi connectivity index (χ3v) is 10.0. The van der Waals surface area contributed by atoms with E-state index in [1.54, 1.807) is 43.9 Å². The quantitative estimate of drug-likeness (QED) is 0.293. The van der Waals surface area contributed by atoms with Crippen LogP contribution in [0, 0.1) is 17.3 Å². The Morgan fingerprint density at radius 3 is 2.61 bits per heavy atom. The van der Waals surface area contributed by atoms with Gasteiger partial charge in [0, 0.05) is 29.3 Å². The van der Waals surface area contributed by atoms with E-state index >= 15 is 0 Å². The molecule has 202 valence electrons. The number of carbonyl (C=O) groups is 2. The van der Waals surface area contributed by atoms with Crippen molar-refractivity contribution in [3.05, 3.63) is 16.6 Å². The number of Topliss-reactive ketones (excluding diaryl/α,β-unsaturated/α-hetero) is 1. The number of thiazole rings is 1. The second kappa shape index (κ2) is 11.6. The van der Waals surface area contributed by atoms with Crippen LogP contribution in [0.15, 0.2) is 15.3 Å². The molecule has 7 nitrogen and oxygen atoms in total. The van der Waals surface area contributed by atoms with Gasteiger partial charge in [-0.25, -0.2) is 4.98 Å². The van der Waals surface area contributed by atoms with Crippen LogP contribution < -0.4 is 5.32 Å². The van der Waals surface area contributed by atoms with Gasteiger partial charge in [-0.3, -0.25) is 9.59 Å². The molecule has 0 bridgehead atoms. The van der Waals surface area contributed by atoms with Crippen LogP contribution in [0.2, 0.25) is 0 Å². The number of thioether (sulfide) groups is 1. The smallest absolute Gasteiger partial charge is 0.309 e. The van der Waals surface area contributed by atoms with E-state index in [0.29, 0.717) is 6.42 Å². The number of ether oxygens (including phenoxy) is 1. The molecule has 0 saturated carbocycles. The van der Waals surface area contributed by atoms with E-state index in [1.807, 2.05) is 31.6 Å². The van der Waals surface area contributed by atoms with Crippen molar-refractivity contribution in [1.29, 1.82) is 0 Å². The Hall–Kier alpha value is -1.26. The number of carbonyl (C=O) groups excluding carboxylic acids is 2. The Balaban J connectivity index is 1.85. The number of hydrogen-bond donors (Lipinski definition) is 3. The summed E-state index contributed by atoms with van der Waals surface area (Å²) in [6.07, 6.45) is 4.47. The maximum absolute atomic E-state index is 13.2. The minimum absolute atomic E-state index is 0.0437. The number of ketones is 1. The van der Waals surface area contributed by atoms with E-state index in [0.717, 1.165) is 34.9 Å². The molecule has 0 aromatic carbocycles. The molecule has 2 aliphatic rings. The molecule has 1 aromatic heterocycles. The Morgan fingerprint density at radius 1 is 1.28 bits per heavy atom. The first-order valence-corrected chi connectivity index (χ1v) is 14.9. The maximum atomic E-state index is 13.2. The van der Waals surface area contributed by atoms with Crippen LogP contribution in [0.4, 0.5) is 0 Å². The second-order valence-electron chi connectivity index (χ2n) is 11.4. The fourth-order valence-electron chi connectivity index (χ4n) is 5.20. The third-order valence-electron chi connectivity index (χ3n) is 8.16. The monoisotopic (exact) mass is 538 g/mol. The first-order chi connectivity index (χ1) is 16.8. The molecule has 0 spiro atoms. The topological polar surface area (TPSA) is 119 Å². The van der Waals surface area contributed by atoms with Crippen LogP contribution in [0.1, 0.15) is 79.3 Å². The van der Waals surface area contributed by atoms with Gasteiger partial charge in [0.05, 0.1) is 29.7 Å². The van der Waals surface area contributed by atoms with E-state index in [-0.39, 0.29) is 29.7 Å². The predicted octanol–water partition coefficient (Wildman–Crippen LogP) is 4.46. The van der Waals surface area contributed by atoms with Crippen molar-refractivity contribution < 1.29 is 24.5 Å². The van der Waals surface area contributed by atoms with Crippen LogP contribution in [0.25, 0.3) is 6.08 Å². The zero-order chi connectivity index (χ0) is 26.8. The van der Waals surface area contributed by atoms with Crippen LogP contribution >= 0.6 is 23.1 Å². The number of esters is 1. The number of cyclic esters (lactones) is 1. The van der Waals surface area contributed by atoms with Gasteiger partial charge in [0.2, 0.25) is 0 Å². The molecule has 3 rings (SSSR count). The van der Waals surface area contributed by atoms with E-state index in [1.165, 1.54) is 0 Å². The van der Waals surface area contributed by atoms with Gasteiger partial charge in [0.15, 0.2) is 0 Å². The summed E-state index contributed by atoms with van der Waals surface area (Å²) >= 11 is 3.17. The lowest BCUT2D eigenvalue weighted by Gasteiger charge is -2.34. The summed E-state index contributed by atoms with van der Waals surface area (Å²) in [6.45, 7) is 11.1. The SMILES string of the molecule is CSc1nc(/C=C(\C)[C@@H]2C[C@@H]3N[C@]3(C)CCC[C@H](C)C(O)[C@@H](C)C(=O)C(C)(C)[C@@H](O)CC(=O)O2)cs1. The highest BCUT2D eigenvalue weighted by Crippen LogP contribution is 2.38. The van der Waals surface area contributed by atoms with E-state index in [9.17, 15) is 19.8 Å². The van der Waals surface area contributed by atoms with Gasteiger partial charge in [-0.15, -0.1) is 11.3 Å². The lowest BCUT2D eigenvalue weighted by atomic mass is 9.73. The number of aliphatic hydroxyl groups excluding tert-OH is 2. The van der Waals surface area contributed by atoms with Gasteiger partial charge in [-0.05, 0) is 50.5 Å². The summed E-state index contributed by atoms with van der Waals surface area (Å²) in [7, 11) is 0. The molecule has 3 heterocycles. The van der Waals surface area contributed by atoms with Gasteiger partial charge in [0.25, 0.3) is 0 Å². The van der Waals surface area contributed by atoms with Gasteiger partial charge in [-0.1, -0.05) is 45.9 Å². The Bertz CT molecular complexity index is 977. The van der Waals surface area contributed by atoms with E-state index in [4.69, 9.17) is 4.74 Å². The van der Waals surface area contributed by atoms with Crippen molar-refractivity contribution >= 4 is 40.9 Å². The molecule has 1 aromatic rings. The van der Waals surface area contributed by atoms with Crippen LogP contribution in [-0.2, 0) is 14.3 Å². The molecule has 2 saturated heterocycles. The van der Waals surface area contributed by atoms with Crippen molar-refractivity contribution in [3.63, 3.8) is 0 Å². The molecule has 0 aliphatic carbocycles. The highest BCUT2D eigenvalue weighted by molar-refractivity contribution is 8.00. The number of nitrogens with zero attached hydrogens (tertiary/aromatic N) is 1. The molecular formula is C27H42N2O5S2. The van der Waals surface area contributed by atoms with Crippen molar-refractivity contribution in [1.82, 2.24) is 10.3 Å². The summed E-state index contributed by atoms with van der Waals surface area (Å²) in [4.78, 5) is 30.8. The Morgan fingerprint density at radius 2 is 1.97 bits per heavy atom. The summed E-state index contributed by atoms with van der Waals surface area (Å²) in [5, 5.41) is 27.3. The van der Waals surface area contributed by atoms with Crippen LogP contribution in [0.5, 0.6) is 0 Å². The summed E-state index contributed by atoms with van der Waals surface area (Å²) in [5.74, 6) is -1.47.